The number of unbranched alkanes of at least 4 members (excludes halogenated alkanes) is 1. The maximum atomic E-state index is 13.3. The van der Waals surface area contributed by atoms with E-state index >= 15 is 0 Å². The number of hydrogen-bond donors (Lipinski definition) is 2. The van der Waals surface area contributed by atoms with Crippen LogP contribution in [0.25, 0.3) is 0 Å². The van der Waals surface area contributed by atoms with Crippen molar-refractivity contribution in [1.82, 2.24) is 10.2 Å². The van der Waals surface area contributed by atoms with Crippen molar-refractivity contribution >= 4 is 27.3 Å². The number of piperazine rings is 1. The summed E-state index contributed by atoms with van der Waals surface area (Å²) in [6.45, 7) is 8.07. The van der Waals surface area contributed by atoms with Gasteiger partial charge in [-0.2, -0.15) is 0 Å². The van der Waals surface area contributed by atoms with E-state index in [4.69, 9.17) is 0 Å². The minimum Gasteiger partial charge on any atom is -0.368 e. The topological polar surface area (TPSA) is 81.8 Å². The monoisotopic (exact) mass is 458 g/mol. The molecule has 2 aromatic rings. The van der Waals surface area contributed by atoms with E-state index in [1.165, 1.54) is 0 Å². The lowest BCUT2D eigenvalue weighted by Gasteiger charge is -2.32. The van der Waals surface area contributed by atoms with Gasteiger partial charge in [0, 0.05) is 51.1 Å². The third-order valence-electron chi connectivity index (χ3n) is 5.77. The minimum absolute atomic E-state index is 0.0969. The zero-order chi connectivity index (χ0) is 23.1. The largest absolute Gasteiger partial charge is 0.368 e. The summed E-state index contributed by atoms with van der Waals surface area (Å²) in [6, 6.07) is 12.1. The summed E-state index contributed by atoms with van der Waals surface area (Å²) in [7, 11) is -1.95. The van der Waals surface area contributed by atoms with Crippen LogP contribution in [-0.4, -0.2) is 59.0 Å². The Morgan fingerprint density at radius 1 is 1.09 bits per heavy atom. The van der Waals surface area contributed by atoms with Crippen molar-refractivity contribution in [2.75, 3.05) is 49.4 Å². The highest BCUT2D eigenvalue weighted by Crippen LogP contribution is 2.28. The molecule has 0 saturated carbocycles. The predicted octanol–water partition coefficient (Wildman–Crippen LogP) is 3.33. The van der Waals surface area contributed by atoms with Gasteiger partial charge in [-0.15, -0.1) is 0 Å². The Bertz CT molecular complexity index is 1020. The summed E-state index contributed by atoms with van der Waals surface area (Å²) in [5.74, 6) is -0.0969. The molecule has 1 fully saturated rings. The number of carbonyl (C=O) groups excluding carboxylic acids is 1. The number of amides is 1. The Morgan fingerprint density at radius 2 is 1.78 bits per heavy atom. The second-order valence-corrected chi connectivity index (χ2v) is 9.83. The highest BCUT2D eigenvalue weighted by molar-refractivity contribution is 7.92. The minimum atomic E-state index is -3.75. The molecule has 1 heterocycles. The van der Waals surface area contributed by atoms with Gasteiger partial charge in [0.05, 0.1) is 10.5 Å². The predicted molar refractivity (Wildman–Crippen MR) is 130 cm³/mol. The van der Waals surface area contributed by atoms with E-state index in [2.05, 4.69) is 21.9 Å². The second-order valence-electron chi connectivity index (χ2n) is 8.15. The highest BCUT2D eigenvalue weighted by atomic mass is 32.2. The van der Waals surface area contributed by atoms with E-state index in [0.29, 0.717) is 17.8 Å². The summed E-state index contributed by atoms with van der Waals surface area (Å²) >= 11 is 0. The molecule has 1 amide bonds. The van der Waals surface area contributed by atoms with Crippen molar-refractivity contribution < 1.29 is 13.2 Å². The molecule has 0 radical (unpaired) electrons. The normalized spacial score (nSPS) is 14.3. The van der Waals surface area contributed by atoms with Gasteiger partial charge >= 0.3 is 0 Å². The first kappa shape index (κ1) is 24.1. The van der Waals surface area contributed by atoms with Crippen LogP contribution in [0.2, 0.25) is 0 Å². The Labute approximate surface area is 191 Å². The molecule has 0 unspecified atom stereocenters. The molecular weight excluding hydrogens is 424 g/mol. The van der Waals surface area contributed by atoms with E-state index < -0.39 is 10.0 Å². The van der Waals surface area contributed by atoms with Gasteiger partial charge in [0.25, 0.3) is 15.9 Å². The van der Waals surface area contributed by atoms with Gasteiger partial charge in [-0.25, -0.2) is 8.42 Å². The first-order valence-corrected chi connectivity index (χ1v) is 12.8. The van der Waals surface area contributed by atoms with Crippen LogP contribution in [0.5, 0.6) is 0 Å². The number of benzene rings is 2. The van der Waals surface area contributed by atoms with Crippen LogP contribution >= 0.6 is 0 Å². The first-order valence-electron chi connectivity index (χ1n) is 11.3. The maximum absolute atomic E-state index is 13.3. The van der Waals surface area contributed by atoms with Gasteiger partial charge in [0.2, 0.25) is 0 Å². The van der Waals surface area contributed by atoms with Crippen molar-refractivity contribution in [3.63, 3.8) is 0 Å². The standard InChI is InChI=1S/C24H34N4O3S/c1-4-6-15-27(3)24(29)22-18-20(9-12-23(22)28-16-13-25-14-17-28)26-32(30,31)21-10-7-19(5-2)8-11-21/h7-12,18,25-26H,4-6,13-17H2,1-3H3. The Kier molecular flexibility index (Phi) is 8.15. The number of sulfonamides is 1. The van der Waals surface area contributed by atoms with Crippen LogP contribution in [0.3, 0.4) is 0 Å². The average molecular weight is 459 g/mol. The number of rotatable bonds is 9. The van der Waals surface area contributed by atoms with E-state index in [1.54, 1.807) is 36.2 Å². The third-order valence-corrected chi connectivity index (χ3v) is 7.17. The molecule has 2 N–H and O–H groups in total. The lowest BCUT2D eigenvalue weighted by atomic mass is 10.1. The smallest absolute Gasteiger partial charge is 0.261 e. The number of anilines is 2. The van der Waals surface area contributed by atoms with Crippen LogP contribution in [0.4, 0.5) is 11.4 Å². The Balaban J connectivity index is 1.91. The molecule has 174 valence electrons. The molecule has 3 rings (SSSR count). The van der Waals surface area contributed by atoms with Crippen molar-refractivity contribution in [2.24, 2.45) is 0 Å². The van der Waals surface area contributed by atoms with E-state index in [-0.39, 0.29) is 10.8 Å². The maximum Gasteiger partial charge on any atom is 0.261 e. The molecule has 8 heteroatoms. The zero-order valence-corrected chi connectivity index (χ0v) is 20.0. The van der Waals surface area contributed by atoms with Crippen LogP contribution in [0, 0.1) is 0 Å². The fourth-order valence-electron chi connectivity index (χ4n) is 3.77. The first-order chi connectivity index (χ1) is 15.4. The number of carbonyl (C=O) groups is 1. The van der Waals surface area contributed by atoms with Gasteiger partial charge in [-0.3, -0.25) is 9.52 Å². The average Bonchev–Trinajstić information content (AvgIpc) is 2.82. The summed E-state index contributed by atoms with van der Waals surface area (Å²) in [5.41, 5.74) is 2.82. The fraction of sp³-hybridized carbons (Fsp3) is 0.458. The van der Waals surface area contributed by atoms with Crippen molar-refractivity contribution in [3.05, 3.63) is 53.6 Å². The molecular formula is C24H34N4O3S. The fourth-order valence-corrected chi connectivity index (χ4v) is 4.82. The van der Waals surface area contributed by atoms with E-state index in [0.717, 1.165) is 56.7 Å². The summed E-state index contributed by atoms with van der Waals surface area (Å²) in [4.78, 5) is 17.4. The van der Waals surface area contributed by atoms with Crippen molar-refractivity contribution in [1.29, 1.82) is 0 Å². The van der Waals surface area contributed by atoms with Crippen LogP contribution in [0.1, 0.15) is 42.6 Å². The van der Waals surface area contributed by atoms with E-state index in [9.17, 15) is 13.2 Å². The quantitative estimate of drug-likeness (QED) is 0.602. The van der Waals surface area contributed by atoms with E-state index in [1.807, 2.05) is 25.1 Å². The molecule has 7 nitrogen and oxygen atoms in total. The number of hydrogen-bond acceptors (Lipinski definition) is 5. The molecule has 1 aliphatic rings. The number of nitrogens with zero attached hydrogens (tertiary/aromatic N) is 2. The molecule has 32 heavy (non-hydrogen) atoms. The number of aryl methyl sites for hydroxylation is 1. The molecule has 2 aromatic carbocycles. The van der Waals surface area contributed by atoms with Gasteiger partial charge < -0.3 is 15.1 Å². The van der Waals surface area contributed by atoms with Crippen LogP contribution in [-0.2, 0) is 16.4 Å². The van der Waals surface area contributed by atoms with Crippen LogP contribution in [0.15, 0.2) is 47.4 Å². The van der Waals surface area contributed by atoms with Crippen molar-refractivity contribution in [2.45, 2.75) is 38.0 Å². The summed E-state index contributed by atoms with van der Waals surface area (Å²) in [5, 5.41) is 3.32. The molecule has 0 atom stereocenters. The van der Waals surface area contributed by atoms with Gasteiger partial charge in [-0.1, -0.05) is 32.4 Å². The Morgan fingerprint density at radius 3 is 2.41 bits per heavy atom. The van der Waals surface area contributed by atoms with Crippen LogP contribution < -0.4 is 14.9 Å². The molecule has 1 saturated heterocycles. The van der Waals surface area contributed by atoms with Gasteiger partial charge in [0.15, 0.2) is 0 Å². The molecule has 0 bridgehead atoms. The van der Waals surface area contributed by atoms with Crippen molar-refractivity contribution in [3.8, 4) is 0 Å². The molecule has 1 aliphatic heterocycles. The SMILES string of the molecule is CCCCN(C)C(=O)c1cc(NS(=O)(=O)c2ccc(CC)cc2)ccc1N1CCNCC1. The third kappa shape index (κ3) is 5.81. The lowest BCUT2D eigenvalue weighted by molar-refractivity contribution is 0.0794. The second kappa shape index (κ2) is 10.8. The molecule has 0 spiro atoms. The summed E-state index contributed by atoms with van der Waals surface area (Å²) in [6.07, 6.45) is 2.77. The Hall–Kier alpha value is -2.58. The lowest BCUT2D eigenvalue weighted by Crippen LogP contribution is -2.44. The zero-order valence-electron chi connectivity index (χ0n) is 19.2. The van der Waals surface area contributed by atoms with Gasteiger partial charge in [0.1, 0.15) is 0 Å². The number of nitrogens with one attached hydrogen (secondary N) is 2. The highest BCUT2D eigenvalue weighted by Gasteiger charge is 2.23. The van der Waals surface area contributed by atoms with Gasteiger partial charge in [-0.05, 0) is 48.7 Å². The molecule has 0 aromatic heterocycles. The molecule has 0 aliphatic carbocycles. The summed E-state index contributed by atoms with van der Waals surface area (Å²) < 4.78 is 28.5.